The Morgan fingerprint density at radius 2 is 2.17 bits per heavy atom. The largest absolute Gasteiger partial charge is 0.493 e. The van der Waals surface area contributed by atoms with Crippen molar-refractivity contribution in [2.24, 2.45) is 5.73 Å². The van der Waals surface area contributed by atoms with Gasteiger partial charge in [0.2, 0.25) is 0 Å². The van der Waals surface area contributed by atoms with Gasteiger partial charge in [-0.1, -0.05) is 12.1 Å². The first-order valence-corrected chi connectivity index (χ1v) is 6.23. The molecule has 18 heavy (non-hydrogen) atoms. The summed E-state index contributed by atoms with van der Waals surface area (Å²) in [5.74, 6) is 1.46. The topological polar surface area (TPSA) is 53.7 Å². The second-order valence-electron chi connectivity index (χ2n) is 5.16. The molecule has 4 heteroatoms. The van der Waals surface area contributed by atoms with Crippen LogP contribution in [0.1, 0.15) is 25.8 Å². The molecule has 0 radical (unpaired) electrons. The highest BCUT2D eigenvalue weighted by Crippen LogP contribution is 2.37. The van der Waals surface area contributed by atoms with Gasteiger partial charge in [-0.2, -0.15) is 0 Å². The molecule has 1 aliphatic heterocycles. The molecule has 1 aromatic carbocycles. The second kappa shape index (κ2) is 5.16. The molecular formula is C14H21NO3. The van der Waals surface area contributed by atoms with E-state index in [-0.39, 0.29) is 6.10 Å². The third-order valence-corrected chi connectivity index (χ3v) is 3.07. The Hall–Kier alpha value is -1.26. The van der Waals surface area contributed by atoms with Gasteiger partial charge in [0.1, 0.15) is 6.10 Å². The molecule has 100 valence electrons. The van der Waals surface area contributed by atoms with Crippen molar-refractivity contribution in [3.8, 4) is 11.5 Å². The molecule has 0 saturated carbocycles. The highest BCUT2D eigenvalue weighted by molar-refractivity contribution is 5.49. The van der Waals surface area contributed by atoms with Crippen LogP contribution in [0.5, 0.6) is 11.5 Å². The maximum atomic E-state index is 6.19. The molecule has 1 aromatic rings. The highest BCUT2D eigenvalue weighted by atomic mass is 16.6. The maximum Gasteiger partial charge on any atom is 0.166 e. The molecule has 1 fully saturated rings. The van der Waals surface area contributed by atoms with Gasteiger partial charge in [0.15, 0.2) is 11.5 Å². The molecule has 0 amide bonds. The highest BCUT2D eigenvalue weighted by Gasteiger charge is 2.26. The molecule has 2 N–H and O–H groups in total. The Bertz CT molecular complexity index is 406. The van der Waals surface area contributed by atoms with Crippen LogP contribution in [0, 0.1) is 0 Å². The number of benzene rings is 1. The second-order valence-corrected chi connectivity index (χ2v) is 5.16. The molecule has 1 saturated heterocycles. The fourth-order valence-corrected chi connectivity index (χ4v) is 2.08. The van der Waals surface area contributed by atoms with E-state index in [4.69, 9.17) is 19.9 Å². The Balaban J connectivity index is 2.34. The average molecular weight is 251 g/mol. The third kappa shape index (κ3) is 2.76. The van der Waals surface area contributed by atoms with Crippen molar-refractivity contribution >= 4 is 0 Å². The zero-order valence-corrected chi connectivity index (χ0v) is 11.2. The number of ether oxygens (including phenoxy) is 3. The van der Waals surface area contributed by atoms with Crippen molar-refractivity contribution in [3.63, 3.8) is 0 Å². The van der Waals surface area contributed by atoms with Crippen LogP contribution in [0.4, 0.5) is 0 Å². The monoisotopic (exact) mass is 251 g/mol. The zero-order chi connectivity index (χ0) is 13.2. The van der Waals surface area contributed by atoms with Gasteiger partial charge in [-0.15, -0.1) is 0 Å². The number of nitrogens with two attached hydrogens (primary N) is 1. The predicted octanol–water partition coefficient (Wildman–Crippen LogP) is 2.06. The van der Waals surface area contributed by atoms with Gasteiger partial charge in [0.25, 0.3) is 0 Å². The molecule has 0 aromatic heterocycles. The number of para-hydroxylation sites is 1. The Morgan fingerprint density at radius 1 is 1.39 bits per heavy atom. The molecule has 1 aliphatic rings. The van der Waals surface area contributed by atoms with Crippen LogP contribution in [-0.2, 0) is 10.3 Å². The van der Waals surface area contributed by atoms with Gasteiger partial charge in [-0.3, -0.25) is 0 Å². The van der Waals surface area contributed by atoms with Crippen molar-refractivity contribution in [3.05, 3.63) is 23.8 Å². The first kappa shape index (κ1) is 13.2. The van der Waals surface area contributed by atoms with Crippen LogP contribution < -0.4 is 15.2 Å². The van der Waals surface area contributed by atoms with E-state index >= 15 is 0 Å². The van der Waals surface area contributed by atoms with E-state index in [2.05, 4.69) is 0 Å². The molecule has 1 heterocycles. The van der Waals surface area contributed by atoms with Crippen LogP contribution in [0.2, 0.25) is 0 Å². The molecule has 4 nitrogen and oxygen atoms in total. The average Bonchev–Trinajstić information content (AvgIpc) is 2.80. The van der Waals surface area contributed by atoms with E-state index in [9.17, 15) is 0 Å². The number of hydrogen-bond acceptors (Lipinski definition) is 4. The van der Waals surface area contributed by atoms with Crippen molar-refractivity contribution in [1.82, 2.24) is 0 Å². The van der Waals surface area contributed by atoms with Gasteiger partial charge >= 0.3 is 0 Å². The summed E-state index contributed by atoms with van der Waals surface area (Å²) in [4.78, 5) is 0. The molecule has 0 aliphatic carbocycles. The van der Waals surface area contributed by atoms with E-state index in [0.717, 1.165) is 30.1 Å². The number of methoxy groups -OCH3 is 1. The quantitative estimate of drug-likeness (QED) is 0.890. The summed E-state index contributed by atoms with van der Waals surface area (Å²) in [5.41, 5.74) is 6.67. The Morgan fingerprint density at radius 3 is 2.72 bits per heavy atom. The van der Waals surface area contributed by atoms with Crippen LogP contribution in [0.25, 0.3) is 0 Å². The van der Waals surface area contributed by atoms with Crippen molar-refractivity contribution < 1.29 is 14.2 Å². The molecule has 1 unspecified atom stereocenters. The van der Waals surface area contributed by atoms with Crippen LogP contribution in [0.15, 0.2) is 18.2 Å². The van der Waals surface area contributed by atoms with E-state index in [1.807, 2.05) is 32.0 Å². The van der Waals surface area contributed by atoms with Gasteiger partial charge < -0.3 is 19.9 Å². The molecule has 1 atom stereocenters. The summed E-state index contributed by atoms with van der Waals surface area (Å²) in [6, 6.07) is 5.80. The van der Waals surface area contributed by atoms with Gasteiger partial charge in [0, 0.05) is 17.5 Å². The predicted molar refractivity (Wildman–Crippen MR) is 70.1 cm³/mol. The Kier molecular flexibility index (Phi) is 3.78. The Labute approximate surface area is 108 Å². The van der Waals surface area contributed by atoms with Crippen molar-refractivity contribution in [1.29, 1.82) is 0 Å². The SMILES string of the molecule is COc1cccc(C(C)(C)N)c1OC1CCOC1. The number of rotatable bonds is 4. The minimum Gasteiger partial charge on any atom is -0.493 e. The van der Waals surface area contributed by atoms with Crippen LogP contribution >= 0.6 is 0 Å². The summed E-state index contributed by atoms with van der Waals surface area (Å²) >= 11 is 0. The molecule has 0 bridgehead atoms. The van der Waals surface area contributed by atoms with Crippen LogP contribution in [0.3, 0.4) is 0 Å². The van der Waals surface area contributed by atoms with Crippen molar-refractivity contribution in [2.45, 2.75) is 31.9 Å². The van der Waals surface area contributed by atoms with E-state index < -0.39 is 5.54 Å². The van der Waals surface area contributed by atoms with E-state index in [0.29, 0.717) is 6.61 Å². The van der Waals surface area contributed by atoms with Crippen LogP contribution in [-0.4, -0.2) is 26.4 Å². The van der Waals surface area contributed by atoms with E-state index in [1.165, 1.54) is 0 Å². The molecule has 0 spiro atoms. The lowest BCUT2D eigenvalue weighted by Gasteiger charge is -2.25. The summed E-state index contributed by atoms with van der Waals surface area (Å²) in [5, 5.41) is 0. The molecular weight excluding hydrogens is 230 g/mol. The maximum absolute atomic E-state index is 6.19. The zero-order valence-electron chi connectivity index (χ0n) is 11.2. The fourth-order valence-electron chi connectivity index (χ4n) is 2.08. The fraction of sp³-hybridized carbons (Fsp3) is 0.571. The van der Waals surface area contributed by atoms with Gasteiger partial charge in [-0.05, 0) is 19.9 Å². The minimum absolute atomic E-state index is 0.0856. The lowest BCUT2D eigenvalue weighted by Crippen LogP contribution is -2.30. The lowest BCUT2D eigenvalue weighted by molar-refractivity contribution is 0.137. The lowest BCUT2D eigenvalue weighted by atomic mass is 9.94. The van der Waals surface area contributed by atoms with Gasteiger partial charge in [0.05, 0.1) is 20.3 Å². The van der Waals surface area contributed by atoms with E-state index in [1.54, 1.807) is 7.11 Å². The van der Waals surface area contributed by atoms with Crippen molar-refractivity contribution in [2.75, 3.05) is 20.3 Å². The number of hydrogen-bond donors (Lipinski definition) is 1. The summed E-state index contributed by atoms with van der Waals surface area (Å²) < 4.78 is 16.7. The first-order valence-electron chi connectivity index (χ1n) is 6.23. The smallest absolute Gasteiger partial charge is 0.166 e. The summed E-state index contributed by atoms with van der Waals surface area (Å²) in [7, 11) is 1.64. The summed E-state index contributed by atoms with van der Waals surface area (Å²) in [6.45, 7) is 5.29. The minimum atomic E-state index is -0.469. The molecule has 2 rings (SSSR count). The van der Waals surface area contributed by atoms with Gasteiger partial charge in [-0.25, -0.2) is 0 Å². The summed E-state index contributed by atoms with van der Waals surface area (Å²) in [6.07, 6.45) is 0.991. The normalized spacial score (nSPS) is 19.9. The third-order valence-electron chi connectivity index (χ3n) is 3.07. The first-order chi connectivity index (χ1) is 8.52. The standard InChI is InChI=1S/C14H21NO3/c1-14(2,15)11-5-4-6-12(16-3)13(11)18-10-7-8-17-9-10/h4-6,10H,7-9,15H2,1-3H3.